The molecule has 0 spiro atoms. The quantitative estimate of drug-likeness (QED) is 0.566. The number of halogens is 3. The zero-order chi connectivity index (χ0) is 23.3. The monoisotopic (exact) mass is 449 g/mol. The minimum atomic E-state index is -4.50. The summed E-state index contributed by atoms with van der Waals surface area (Å²) < 4.78 is 48.8. The number of aryl methyl sites for hydroxylation is 2. The van der Waals surface area contributed by atoms with E-state index in [1.807, 2.05) is 26.0 Å². The first-order chi connectivity index (χ1) is 15.1. The molecule has 1 aromatic carbocycles. The topological polar surface area (TPSA) is 90.3 Å². The van der Waals surface area contributed by atoms with E-state index in [-0.39, 0.29) is 23.7 Å². The lowest BCUT2D eigenvalue weighted by Crippen LogP contribution is -2.28. The predicted octanol–water partition coefficient (Wildman–Crippen LogP) is 4.16. The minimum Gasteiger partial charge on any atom is -0.493 e. The van der Waals surface area contributed by atoms with Crippen LogP contribution in [0.1, 0.15) is 17.0 Å². The number of methoxy groups -OCH3 is 1. The Labute approximate surface area is 182 Å². The van der Waals surface area contributed by atoms with Crippen LogP contribution in [0.3, 0.4) is 0 Å². The maximum absolute atomic E-state index is 12.4. The third kappa shape index (κ3) is 6.13. The highest BCUT2D eigenvalue weighted by molar-refractivity contribution is 5.89. The van der Waals surface area contributed by atoms with Gasteiger partial charge >= 0.3 is 12.2 Å². The number of pyridine rings is 1. The van der Waals surface area contributed by atoms with Crippen molar-refractivity contribution in [3.05, 3.63) is 59.5 Å². The average molecular weight is 449 g/mol. The number of anilines is 1. The van der Waals surface area contributed by atoms with Gasteiger partial charge in [-0.3, -0.25) is 0 Å². The minimum absolute atomic E-state index is 0.119. The van der Waals surface area contributed by atoms with Gasteiger partial charge in [0, 0.05) is 30.2 Å². The smallest absolute Gasteiger partial charge is 0.422 e. The van der Waals surface area contributed by atoms with Crippen LogP contribution in [0.15, 0.2) is 42.6 Å². The summed E-state index contributed by atoms with van der Waals surface area (Å²) in [6, 6.07) is 9.17. The van der Waals surface area contributed by atoms with Crippen molar-refractivity contribution in [2.45, 2.75) is 26.6 Å². The molecule has 0 aliphatic rings. The molecule has 0 fully saturated rings. The second kappa shape index (κ2) is 9.58. The molecular weight excluding hydrogens is 427 g/mol. The van der Waals surface area contributed by atoms with E-state index in [0.29, 0.717) is 5.82 Å². The fourth-order valence-corrected chi connectivity index (χ4v) is 2.89. The molecule has 0 unspecified atom stereocenters. The Hall–Kier alpha value is -3.76. The van der Waals surface area contributed by atoms with E-state index in [2.05, 4.69) is 20.7 Å². The van der Waals surface area contributed by atoms with Crippen molar-refractivity contribution in [1.29, 1.82) is 0 Å². The molecule has 11 heteroatoms. The molecule has 8 nitrogen and oxygen atoms in total. The highest BCUT2D eigenvalue weighted by atomic mass is 19.4. The highest BCUT2D eigenvalue weighted by Gasteiger charge is 2.29. The summed E-state index contributed by atoms with van der Waals surface area (Å²) in [4.78, 5) is 16.6. The standard InChI is InChI=1S/C21H22F3N5O3/c1-13-8-14(2)29(28-13)19-7-4-15(10-25-19)11-26-20(30)27-16-5-6-17(31-3)18(9-16)32-12-21(22,23)24/h4-10H,11-12H2,1-3H3,(H2,26,27,30). The molecule has 0 atom stereocenters. The number of amides is 2. The number of carbonyl (C=O) groups excluding carboxylic acids is 1. The zero-order valence-electron chi connectivity index (χ0n) is 17.7. The third-order valence-corrected chi connectivity index (χ3v) is 4.30. The summed E-state index contributed by atoms with van der Waals surface area (Å²) in [7, 11) is 1.31. The van der Waals surface area contributed by atoms with Crippen molar-refractivity contribution in [3.63, 3.8) is 0 Å². The number of nitrogens with one attached hydrogen (secondary N) is 2. The predicted molar refractivity (Wildman–Crippen MR) is 111 cm³/mol. The Morgan fingerprint density at radius 1 is 1.12 bits per heavy atom. The largest absolute Gasteiger partial charge is 0.493 e. The van der Waals surface area contributed by atoms with Crippen LogP contribution in [-0.2, 0) is 6.54 Å². The second-order valence-electron chi connectivity index (χ2n) is 6.94. The van der Waals surface area contributed by atoms with Gasteiger partial charge in [0.1, 0.15) is 0 Å². The number of benzene rings is 1. The Morgan fingerprint density at radius 2 is 1.91 bits per heavy atom. The molecule has 0 radical (unpaired) electrons. The summed E-state index contributed by atoms with van der Waals surface area (Å²) in [5.41, 5.74) is 2.85. The van der Waals surface area contributed by atoms with E-state index in [1.54, 1.807) is 16.9 Å². The van der Waals surface area contributed by atoms with Gasteiger partial charge in [0.15, 0.2) is 23.9 Å². The molecule has 170 valence electrons. The average Bonchev–Trinajstić information content (AvgIpc) is 3.08. The first kappa shape index (κ1) is 22.9. The number of ether oxygens (including phenoxy) is 2. The van der Waals surface area contributed by atoms with E-state index >= 15 is 0 Å². The SMILES string of the molecule is COc1ccc(NC(=O)NCc2ccc(-n3nc(C)cc3C)nc2)cc1OCC(F)(F)F. The van der Waals surface area contributed by atoms with E-state index in [0.717, 1.165) is 17.0 Å². The molecule has 0 bridgehead atoms. The van der Waals surface area contributed by atoms with Crippen LogP contribution in [0.4, 0.5) is 23.7 Å². The van der Waals surface area contributed by atoms with Crippen LogP contribution in [0.25, 0.3) is 5.82 Å². The molecule has 2 heterocycles. The molecule has 0 saturated heterocycles. The number of nitrogens with zero attached hydrogens (tertiary/aromatic N) is 3. The Balaban J connectivity index is 1.58. The molecule has 2 aromatic heterocycles. The summed E-state index contributed by atoms with van der Waals surface area (Å²) in [6.07, 6.45) is -2.87. The number of urea groups is 1. The van der Waals surface area contributed by atoms with Gasteiger partial charge < -0.3 is 20.1 Å². The number of hydrogen-bond donors (Lipinski definition) is 2. The summed E-state index contributed by atoms with van der Waals surface area (Å²) in [5.74, 6) is 0.647. The summed E-state index contributed by atoms with van der Waals surface area (Å²) in [6.45, 7) is 2.55. The molecule has 3 rings (SSSR count). The van der Waals surface area contributed by atoms with Gasteiger partial charge in [0.25, 0.3) is 0 Å². The number of hydrogen-bond acceptors (Lipinski definition) is 5. The number of aromatic nitrogens is 3. The lowest BCUT2D eigenvalue weighted by atomic mass is 10.2. The van der Waals surface area contributed by atoms with E-state index in [9.17, 15) is 18.0 Å². The molecule has 2 amide bonds. The maximum atomic E-state index is 12.4. The van der Waals surface area contributed by atoms with Crippen LogP contribution < -0.4 is 20.1 Å². The lowest BCUT2D eigenvalue weighted by Gasteiger charge is -2.14. The third-order valence-electron chi connectivity index (χ3n) is 4.30. The van der Waals surface area contributed by atoms with Crippen molar-refractivity contribution in [2.24, 2.45) is 0 Å². The molecule has 0 aliphatic carbocycles. The molecule has 2 N–H and O–H groups in total. The van der Waals surface area contributed by atoms with Gasteiger partial charge in [-0.1, -0.05) is 6.07 Å². The normalized spacial score (nSPS) is 11.2. The Morgan fingerprint density at radius 3 is 2.50 bits per heavy atom. The fraction of sp³-hybridized carbons (Fsp3) is 0.286. The summed E-state index contributed by atoms with van der Waals surface area (Å²) in [5, 5.41) is 9.58. The molecule has 3 aromatic rings. The lowest BCUT2D eigenvalue weighted by molar-refractivity contribution is -0.153. The second-order valence-corrected chi connectivity index (χ2v) is 6.94. The van der Waals surface area contributed by atoms with Crippen LogP contribution >= 0.6 is 0 Å². The van der Waals surface area contributed by atoms with E-state index in [1.165, 1.54) is 25.3 Å². The van der Waals surface area contributed by atoms with E-state index < -0.39 is 18.8 Å². The number of carbonyl (C=O) groups is 1. The van der Waals surface area contributed by atoms with Crippen molar-refractivity contribution in [3.8, 4) is 17.3 Å². The maximum Gasteiger partial charge on any atom is 0.422 e. The number of alkyl halides is 3. The van der Waals surface area contributed by atoms with Gasteiger partial charge in [-0.25, -0.2) is 14.5 Å². The molecular formula is C21H22F3N5O3. The number of rotatable bonds is 7. The highest BCUT2D eigenvalue weighted by Crippen LogP contribution is 2.31. The van der Waals surface area contributed by atoms with Crippen LogP contribution in [0.2, 0.25) is 0 Å². The first-order valence-corrected chi connectivity index (χ1v) is 9.55. The molecule has 32 heavy (non-hydrogen) atoms. The summed E-state index contributed by atoms with van der Waals surface area (Å²) >= 11 is 0. The first-order valence-electron chi connectivity index (χ1n) is 9.55. The van der Waals surface area contributed by atoms with Crippen LogP contribution in [-0.4, -0.2) is 40.7 Å². The van der Waals surface area contributed by atoms with Crippen molar-refractivity contribution in [2.75, 3.05) is 19.0 Å². The fourth-order valence-electron chi connectivity index (χ4n) is 2.89. The van der Waals surface area contributed by atoms with Crippen molar-refractivity contribution >= 4 is 11.7 Å². The van der Waals surface area contributed by atoms with Crippen LogP contribution in [0.5, 0.6) is 11.5 Å². The molecule has 0 aliphatic heterocycles. The van der Waals surface area contributed by atoms with Gasteiger partial charge in [0.05, 0.1) is 12.8 Å². The Bertz CT molecular complexity index is 1080. The van der Waals surface area contributed by atoms with E-state index in [4.69, 9.17) is 9.47 Å². The van der Waals surface area contributed by atoms with Gasteiger partial charge in [-0.05, 0) is 43.7 Å². The van der Waals surface area contributed by atoms with Crippen molar-refractivity contribution < 1.29 is 27.4 Å². The van der Waals surface area contributed by atoms with Gasteiger partial charge in [-0.15, -0.1) is 0 Å². The Kier molecular flexibility index (Phi) is 6.86. The molecule has 0 saturated carbocycles. The van der Waals surface area contributed by atoms with Crippen molar-refractivity contribution in [1.82, 2.24) is 20.1 Å². The van der Waals surface area contributed by atoms with Gasteiger partial charge in [0.2, 0.25) is 0 Å². The zero-order valence-corrected chi connectivity index (χ0v) is 17.7. The van der Waals surface area contributed by atoms with Gasteiger partial charge in [-0.2, -0.15) is 18.3 Å². The van der Waals surface area contributed by atoms with Crippen LogP contribution in [0, 0.1) is 13.8 Å².